The first-order chi connectivity index (χ1) is 9.29. The third kappa shape index (κ3) is 4.49. The molecule has 106 valence electrons. The van der Waals surface area contributed by atoms with E-state index in [-0.39, 0.29) is 5.28 Å². The fraction of sp³-hybridized carbons (Fsp3) is 0.769. The van der Waals surface area contributed by atoms with E-state index in [0.717, 1.165) is 19.5 Å². The second kappa shape index (κ2) is 7.48. The van der Waals surface area contributed by atoms with Crippen LogP contribution < -0.4 is 9.64 Å². The predicted molar refractivity (Wildman–Crippen MR) is 75.9 cm³/mol. The summed E-state index contributed by atoms with van der Waals surface area (Å²) in [4.78, 5) is 14.6. The van der Waals surface area contributed by atoms with Crippen LogP contribution in [0, 0.1) is 0 Å². The smallest absolute Gasteiger partial charge is 0.322 e. The van der Waals surface area contributed by atoms with Gasteiger partial charge in [-0.2, -0.15) is 15.0 Å². The predicted octanol–water partition coefficient (Wildman–Crippen LogP) is 3.08. The molecule has 2 heterocycles. The SMILES string of the molecule is CCCCCCOc1nc(Cl)nc(N2CCCC2)n1. The molecule has 1 aromatic rings. The summed E-state index contributed by atoms with van der Waals surface area (Å²) in [5.74, 6) is 0.640. The molecular weight excluding hydrogens is 264 g/mol. The number of aromatic nitrogens is 3. The lowest BCUT2D eigenvalue weighted by Gasteiger charge is -2.15. The molecule has 0 amide bonds. The molecule has 6 heteroatoms. The summed E-state index contributed by atoms with van der Waals surface area (Å²) in [5.41, 5.74) is 0. The Hall–Kier alpha value is -1.10. The molecule has 0 saturated carbocycles. The minimum Gasteiger partial charge on any atom is -0.463 e. The van der Waals surface area contributed by atoms with Crippen molar-refractivity contribution in [1.29, 1.82) is 0 Å². The van der Waals surface area contributed by atoms with Crippen LogP contribution in [0.1, 0.15) is 45.4 Å². The highest BCUT2D eigenvalue weighted by molar-refractivity contribution is 6.28. The van der Waals surface area contributed by atoms with Crippen LogP contribution in [0.25, 0.3) is 0 Å². The van der Waals surface area contributed by atoms with Crippen molar-refractivity contribution < 1.29 is 4.74 Å². The summed E-state index contributed by atoms with van der Waals surface area (Å²) >= 11 is 5.92. The molecule has 19 heavy (non-hydrogen) atoms. The molecule has 0 spiro atoms. The highest BCUT2D eigenvalue weighted by Crippen LogP contribution is 2.19. The zero-order chi connectivity index (χ0) is 13.5. The van der Waals surface area contributed by atoms with Crippen molar-refractivity contribution in [3.63, 3.8) is 0 Å². The lowest BCUT2D eigenvalue weighted by atomic mass is 10.2. The van der Waals surface area contributed by atoms with Crippen LogP contribution in [-0.2, 0) is 0 Å². The maximum absolute atomic E-state index is 5.92. The van der Waals surface area contributed by atoms with Crippen molar-refractivity contribution in [2.45, 2.75) is 45.4 Å². The van der Waals surface area contributed by atoms with Crippen molar-refractivity contribution in [2.24, 2.45) is 0 Å². The normalized spacial score (nSPS) is 14.9. The Balaban J connectivity index is 1.89. The summed E-state index contributed by atoms with van der Waals surface area (Å²) in [6.45, 7) is 4.79. The molecule has 1 aliphatic rings. The standard InChI is InChI=1S/C13H21ClN4O/c1-2-3-4-7-10-19-13-16-11(14)15-12(17-13)18-8-5-6-9-18/h2-10H2,1H3. The molecule has 0 aromatic carbocycles. The van der Waals surface area contributed by atoms with E-state index in [1.54, 1.807) is 0 Å². The third-order valence-corrected chi connectivity index (χ3v) is 3.36. The molecule has 5 nitrogen and oxygen atoms in total. The van der Waals surface area contributed by atoms with Gasteiger partial charge in [-0.1, -0.05) is 26.2 Å². The molecule has 1 fully saturated rings. The quantitative estimate of drug-likeness (QED) is 0.720. The first-order valence-electron chi connectivity index (χ1n) is 7.09. The summed E-state index contributed by atoms with van der Waals surface area (Å²) in [6.07, 6.45) is 7.01. The Labute approximate surface area is 119 Å². The van der Waals surface area contributed by atoms with Gasteiger partial charge in [-0.15, -0.1) is 0 Å². The maximum atomic E-state index is 5.92. The number of unbranched alkanes of at least 4 members (excludes halogenated alkanes) is 3. The highest BCUT2D eigenvalue weighted by Gasteiger charge is 2.17. The molecule has 0 atom stereocenters. The van der Waals surface area contributed by atoms with Crippen LogP contribution in [0.4, 0.5) is 5.95 Å². The third-order valence-electron chi connectivity index (χ3n) is 3.19. The van der Waals surface area contributed by atoms with E-state index < -0.39 is 0 Å². The van der Waals surface area contributed by atoms with Gasteiger partial charge in [0.25, 0.3) is 0 Å². The molecule has 0 aliphatic carbocycles. The maximum Gasteiger partial charge on any atom is 0.322 e. The molecular formula is C13H21ClN4O. The Kier molecular flexibility index (Phi) is 5.63. The van der Waals surface area contributed by atoms with Crippen LogP contribution in [0.15, 0.2) is 0 Å². The van der Waals surface area contributed by atoms with Gasteiger partial charge in [-0.3, -0.25) is 0 Å². The van der Waals surface area contributed by atoms with E-state index in [1.807, 2.05) is 0 Å². The minimum atomic E-state index is 0.209. The van der Waals surface area contributed by atoms with Crippen molar-refractivity contribution in [1.82, 2.24) is 15.0 Å². The van der Waals surface area contributed by atoms with Gasteiger partial charge in [0, 0.05) is 13.1 Å². The number of ether oxygens (including phenoxy) is 1. The van der Waals surface area contributed by atoms with Crippen molar-refractivity contribution in [3.8, 4) is 6.01 Å². The molecule has 0 bridgehead atoms. The van der Waals surface area contributed by atoms with Crippen molar-refractivity contribution >= 4 is 17.5 Å². The summed E-state index contributed by atoms with van der Waals surface area (Å²) in [7, 11) is 0. The van der Waals surface area contributed by atoms with Gasteiger partial charge >= 0.3 is 6.01 Å². The molecule has 1 aliphatic heterocycles. The van der Waals surface area contributed by atoms with Crippen LogP contribution in [-0.4, -0.2) is 34.6 Å². The lowest BCUT2D eigenvalue weighted by molar-refractivity contribution is 0.281. The van der Waals surface area contributed by atoms with Gasteiger partial charge in [0.15, 0.2) is 0 Å². The second-order valence-corrected chi connectivity index (χ2v) is 5.13. The molecule has 0 radical (unpaired) electrons. The van der Waals surface area contributed by atoms with Gasteiger partial charge in [0.05, 0.1) is 6.61 Å². The zero-order valence-electron chi connectivity index (χ0n) is 11.4. The van der Waals surface area contributed by atoms with Gasteiger partial charge in [-0.25, -0.2) is 0 Å². The summed E-state index contributed by atoms with van der Waals surface area (Å²) < 4.78 is 5.56. The number of hydrogen-bond acceptors (Lipinski definition) is 5. The van der Waals surface area contributed by atoms with E-state index >= 15 is 0 Å². The molecule has 2 rings (SSSR count). The second-order valence-electron chi connectivity index (χ2n) is 4.79. The van der Waals surface area contributed by atoms with Crippen molar-refractivity contribution in [3.05, 3.63) is 5.28 Å². The topological polar surface area (TPSA) is 51.1 Å². The summed E-state index contributed by atoms with van der Waals surface area (Å²) in [6, 6.07) is 0.346. The zero-order valence-corrected chi connectivity index (χ0v) is 12.2. The average molecular weight is 285 g/mol. The van der Waals surface area contributed by atoms with Crippen LogP contribution in [0.2, 0.25) is 5.28 Å². The lowest BCUT2D eigenvalue weighted by Crippen LogP contribution is -2.21. The van der Waals surface area contributed by atoms with Gasteiger partial charge in [0.2, 0.25) is 11.2 Å². The summed E-state index contributed by atoms with van der Waals surface area (Å²) in [5, 5.41) is 0.209. The van der Waals surface area contributed by atoms with Gasteiger partial charge in [0.1, 0.15) is 0 Å². The Morgan fingerprint density at radius 3 is 2.63 bits per heavy atom. The Morgan fingerprint density at radius 2 is 1.89 bits per heavy atom. The van der Waals surface area contributed by atoms with E-state index in [2.05, 4.69) is 26.8 Å². The van der Waals surface area contributed by atoms with E-state index in [4.69, 9.17) is 16.3 Å². The first kappa shape index (κ1) is 14.3. The molecule has 0 unspecified atom stereocenters. The van der Waals surface area contributed by atoms with Crippen LogP contribution in [0.5, 0.6) is 6.01 Å². The number of rotatable bonds is 7. The fourth-order valence-electron chi connectivity index (χ4n) is 2.14. The number of halogens is 1. The van der Waals surface area contributed by atoms with E-state index in [9.17, 15) is 0 Å². The molecule has 1 saturated heterocycles. The Morgan fingerprint density at radius 1 is 1.11 bits per heavy atom. The fourth-order valence-corrected chi connectivity index (χ4v) is 2.29. The van der Waals surface area contributed by atoms with Crippen molar-refractivity contribution in [2.75, 3.05) is 24.6 Å². The Bertz CT molecular complexity index is 396. The van der Waals surface area contributed by atoms with Gasteiger partial charge < -0.3 is 9.64 Å². The molecule has 0 N–H and O–H groups in total. The number of nitrogens with zero attached hydrogens (tertiary/aromatic N) is 4. The molecule has 1 aromatic heterocycles. The number of anilines is 1. The van der Waals surface area contributed by atoms with E-state index in [0.29, 0.717) is 18.6 Å². The largest absolute Gasteiger partial charge is 0.463 e. The average Bonchev–Trinajstić information content (AvgIpc) is 2.92. The first-order valence-corrected chi connectivity index (χ1v) is 7.46. The van der Waals surface area contributed by atoms with Crippen LogP contribution in [0.3, 0.4) is 0 Å². The van der Waals surface area contributed by atoms with Gasteiger partial charge in [-0.05, 0) is 30.9 Å². The minimum absolute atomic E-state index is 0.209. The monoisotopic (exact) mass is 284 g/mol. The van der Waals surface area contributed by atoms with E-state index in [1.165, 1.54) is 32.1 Å². The number of hydrogen-bond donors (Lipinski definition) is 0. The van der Waals surface area contributed by atoms with Crippen LogP contribution >= 0.6 is 11.6 Å². The highest BCUT2D eigenvalue weighted by atomic mass is 35.5.